The van der Waals surface area contributed by atoms with Gasteiger partial charge in [0.05, 0.1) is 23.5 Å². The molecular weight excluding hydrogens is 566 g/mol. The van der Waals surface area contributed by atoms with E-state index in [1.165, 1.54) is 6.33 Å². The van der Waals surface area contributed by atoms with Crippen LogP contribution >= 0.6 is 0 Å². The zero-order valence-corrected chi connectivity index (χ0v) is 27.2. The molecule has 1 spiro atoms. The van der Waals surface area contributed by atoms with E-state index in [-0.39, 0.29) is 24.1 Å². The number of carbonyl (C=O) groups is 2. The summed E-state index contributed by atoms with van der Waals surface area (Å²) in [7, 11) is 0. The molecule has 1 atom stereocenters. The van der Waals surface area contributed by atoms with Crippen LogP contribution < -0.4 is 0 Å². The van der Waals surface area contributed by atoms with Gasteiger partial charge in [-0.1, -0.05) is 19.8 Å². The molecule has 4 aliphatic heterocycles. The number of aromatic nitrogens is 2. The van der Waals surface area contributed by atoms with Crippen LogP contribution in [0.2, 0.25) is 0 Å². The molecule has 44 heavy (non-hydrogen) atoms. The van der Waals surface area contributed by atoms with E-state index in [0.29, 0.717) is 50.1 Å². The Morgan fingerprint density at radius 1 is 1.02 bits per heavy atom. The number of likely N-dealkylation sites (tertiary alicyclic amines) is 3. The highest BCUT2D eigenvalue weighted by atomic mass is 19.3. The number of hydrogen-bond acceptors (Lipinski definition) is 7. The SMILES string of the molecule is CCCC[C@H]1CN(CC2CCN(CC(F)F)CC2)C(=O)OC12CCN(C1(C)CCN(C(=O)c3c(C)ncnc3C)CC1)CC2. The zero-order valence-electron chi connectivity index (χ0n) is 27.2. The van der Waals surface area contributed by atoms with Crippen LogP contribution in [0.4, 0.5) is 13.6 Å². The molecule has 5 heterocycles. The van der Waals surface area contributed by atoms with Crippen LogP contribution in [0.5, 0.6) is 0 Å². The molecule has 0 aliphatic carbocycles. The third kappa shape index (κ3) is 7.19. The largest absolute Gasteiger partial charge is 0.442 e. The number of unbranched alkanes of at least 4 members (excludes halogenated alkanes) is 1. The lowest BCUT2D eigenvalue weighted by atomic mass is 9.74. The summed E-state index contributed by atoms with van der Waals surface area (Å²) >= 11 is 0. The first-order valence-electron chi connectivity index (χ1n) is 16.8. The van der Waals surface area contributed by atoms with Gasteiger partial charge < -0.3 is 14.5 Å². The monoisotopic (exact) mass is 618 g/mol. The summed E-state index contributed by atoms with van der Waals surface area (Å²) in [6, 6.07) is 0. The summed E-state index contributed by atoms with van der Waals surface area (Å²) in [5.74, 6) is 0.656. The number of amides is 2. The quantitative estimate of drug-likeness (QED) is 0.378. The normalized spacial score (nSPS) is 25.1. The number of piperidine rings is 3. The number of hydrogen-bond donors (Lipinski definition) is 0. The topological polar surface area (TPSA) is 82.1 Å². The van der Waals surface area contributed by atoms with Gasteiger partial charge in [-0.25, -0.2) is 23.5 Å². The molecule has 0 bridgehead atoms. The highest BCUT2D eigenvalue weighted by Crippen LogP contribution is 2.43. The number of rotatable bonds is 9. The standard InChI is InChI=1S/C33H52F2N6O3/c1-5-6-7-27-21-40(20-26-8-14-38(15-9-26)22-28(34)35)31(43)44-33(27)12-18-41(19-13-33)32(4)10-16-39(17-11-32)30(42)29-24(2)36-23-37-25(29)3/h23,26-28H,5-22H2,1-4H3/t27-/m0/s1. The maximum atomic E-state index is 13.4. The molecule has 2 amide bonds. The number of ether oxygens (including phenoxy) is 1. The zero-order chi connectivity index (χ0) is 31.5. The van der Waals surface area contributed by atoms with Gasteiger partial charge in [-0.3, -0.25) is 14.6 Å². The maximum Gasteiger partial charge on any atom is 0.410 e. The van der Waals surface area contributed by atoms with Crippen LogP contribution in [-0.4, -0.2) is 118 Å². The van der Waals surface area contributed by atoms with Crippen LogP contribution in [0.1, 0.15) is 93.4 Å². The third-order valence-corrected chi connectivity index (χ3v) is 11.2. The lowest BCUT2D eigenvalue weighted by Crippen LogP contribution is -2.64. The average Bonchev–Trinajstić information content (AvgIpc) is 2.99. The molecule has 4 fully saturated rings. The van der Waals surface area contributed by atoms with Crippen LogP contribution in [0.15, 0.2) is 6.33 Å². The van der Waals surface area contributed by atoms with Gasteiger partial charge >= 0.3 is 6.09 Å². The van der Waals surface area contributed by atoms with Gasteiger partial charge in [0.15, 0.2) is 0 Å². The fraction of sp³-hybridized carbons (Fsp3) is 0.818. The maximum absolute atomic E-state index is 13.4. The van der Waals surface area contributed by atoms with E-state index in [1.807, 2.05) is 28.5 Å². The van der Waals surface area contributed by atoms with E-state index < -0.39 is 12.0 Å². The van der Waals surface area contributed by atoms with E-state index in [9.17, 15) is 18.4 Å². The van der Waals surface area contributed by atoms with Crippen molar-refractivity contribution in [3.63, 3.8) is 0 Å². The van der Waals surface area contributed by atoms with E-state index in [4.69, 9.17) is 4.74 Å². The van der Waals surface area contributed by atoms with Gasteiger partial charge in [0.1, 0.15) is 11.9 Å². The second-order valence-corrected chi connectivity index (χ2v) is 14.0. The molecule has 1 aromatic rings. The fourth-order valence-corrected chi connectivity index (χ4v) is 8.14. The lowest BCUT2D eigenvalue weighted by molar-refractivity contribution is -0.134. The van der Waals surface area contributed by atoms with Gasteiger partial charge in [0.2, 0.25) is 0 Å². The van der Waals surface area contributed by atoms with E-state index in [1.54, 1.807) is 0 Å². The number of aryl methyl sites for hydroxylation is 2. The number of alkyl halides is 2. The van der Waals surface area contributed by atoms with Gasteiger partial charge in [0.25, 0.3) is 12.3 Å². The van der Waals surface area contributed by atoms with Crippen molar-refractivity contribution in [2.45, 2.75) is 103 Å². The third-order valence-electron chi connectivity index (χ3n) is 11.2. The van der Waals surface area contributed by atoms with Gasteiger partial charge in [-0.15, -0.1) is 0 Å². The minimum absolute atomic E-state index is 0.00151. The summed E-state index contributed by atoms with van der Waals surface area (Å²) < 4.78 is 32.0. The summed E-state index contributed by atoms with van der Waals surface area (Å²) in [4.78, 5) is 43.5. The predicted octanol–water partition coefficient (Wildman–Crippen LogP) is 5.16. The Balaban J connectivity index is 1.16. The van der Waals surface area contributed by atoms with Crippen molar-refractivity contribution < 1.29 is 23.1 Å². The molecule has 4 saturated heterocycles. The Morgan fingerprint density at radius 2 is 1.66 bits per heavy atom. The molecule has 246 valence electrons. The Morgan fingerprint density at radius 3 is 2.25 bits per heavy atom. The number of halogens is 2. The Bertz CT molecular complexity index is 1120. The first kappa shape index (κ1) is 33.0. The summed E-state index contributed by atoms with van der Waals surface area (Å²) in [5.41, 5.74) is 1.66. The van der Waals surface area contributed by atoms with Crippen molar-refractivity contribution >= 4 is 12.0 Å². The molecule has 0 unspecified atom stereocenters. The first-order chi connectivity index (χ1) is 21.0. The predicted molar refractivity (Wildman–Crippen MR) is 165 cm³/mol. The highest BCUT2D eigenvalue weighted by molar-refractivity contribution is 5.96. The van der Waals surface area contributed by atoms with Crippen molar-refractivity contribution in [2.75, 3.05) is 58.9 Å². The highest BCUT2D eigenvalue weighted by Gasteiger charge is 2.51. The lowest BCUT2D eigenvalue weighted by Gasteiger charge is -2.55. The van der Waals surface area contributed by atoms with Crippen molar-refractivity contribution in [1.82, 2.24) is 29.6 Å². The summed E-state index contributed by atoms with van der Waals surface area (Å²) in [6.07, 6.45) is 7.45. The molecule has 11 heteroatoms. The summed E-state index contributed by atoms with van der Waals surface area (Å²) in [6.45, 7) is 14.0. The van der Waals surface area contributed by atoms with E-state index >= 15 is 0 Å². The van der Waals surface area contributed by atoms with Crippen LogP contribution in [-0.2, 0) is 4.74 Å². The molecule has 1 aromatic heterocycles. The molecule has 0 aromatic carbocycles. The average molecular weight is 619 g/mol. The van der Waals surface area contributed by atoms with E-state index in [2.05, 4.69) is 28.7 Å². The van der Waals surface area contributed by atoms with Crippen LogP contribution in [0.3, 0.4) is 0 Å². The molecule has 9 nitrogen and oxygen atoms in total. The second kappa shape index (κ2) is 13.9. The molecular formula is C33H52F2N6O3. The smallest absolute Gasteiger partial charge is 0.410 e. The molecule has 4 aliphatic rings. The molecule has 0 radical (unpaired) electrons. The van der Waals surface area contributed by atoms with Crippen molar-refractivity contribution in [3.8, 4) is 0 Å². The minimum atomic E-state index is -2.30. The van der Waals surface area contributed by atoms with Crippen LogP contribution in [0.25, 0.3) is 0 Å². The van der Waals surface area contributed by atoms with E-state index in [0.717, 1.165) is 88.8 Å². The molecule has 5 rings (SSSR count). The first-order valence-corrected chi connectivity index (χ1v) is 16.8. The second-order valence-electron chi connectivity index (χ2n) is 14.0. The van der Waals surface area contributed by atoms with Crippen molar-refractivity contribution in [1.29, 1.82) is 0 Å². The van der Waals surface area contributed by atoms with Gasteiger partial charge in [-0.05, 0) is 71.9 Å². The Hall–Kier alpha value is -2.40. The molecule has 0 saturated carbocycles. The number of carbonyl (C=O) groups excluding carboxylic acids is 2. The van der Waals surface area contributed by atoms with Crippen molar-refractivity contribution in [3.05, 3.63) is 23.3 Å². The van der Waals surface area contributed by atoms with Gasteiger partial charge in [-0.2, -0.15) is 0 Å². The fourth-order valence-electron chi connectivity index (χ4n) is 8.14. The Kier molecular flexibility index (Phi) is 10.4. The molecule has 0 N–H and O–H groups in total. The van der Waals surface area contributed by atoms with Crippen LogP contribution in [0, 0.1) is 25.7 Å². The Labute approximate surface area is 261 Å². The van der Waals surface area contributed by atoms with Crippen molar-refractivity contribution in [2.24, 2.45) is 11.8 Å². The summed E-state index contributed by atoms with van der Waals surface area (Å²) in [5, 5.41) is 0. The number of nitrogens with zero attached hydrogens (tertiary/aromatic N) is 6. The van der Waals surface area contributed by atoms with Gasteiger partial charge in [0, 0.05) is 63.6 Å². The minimum Gasteiger partial charge on any atom is -0.442 e.